The van der Waals surface area contributed by atoms with Crippen molar-refractivity contribution in [3.05, 3.63) is 57.6 Å². The summed E-state index contributed by atoms with van der Waals surface area (Å²) >= 11 is 5.71. The van der Waals surface area contributed by atoms with Crippen LogP contribution in [0.4, 0.5) is 5.82 Å². The molecule has 1 amide bonds. The fraction of sp³-hybridized carbons (Fsp3) is 0. The number of amides is 1. The maximum atomic E-state index is 11.7. The van der Waals surface area contributed by atoms with E-state index in [9.17, 15) is 9.59 Å². The van der Waals surface area contributed by atoms with Gasteiger partial charge in [-0.25, -0.2) is 9.78 Å². The van der Waals surface area contributed by atoms with E-state index in [1.54, 1.807) is 24.3 Å². The van der Waals surface area contributed by atoms with Gasteiger partial charge in [-0.05, 0) is 30.3 Å². The summed E-state index contributed by atoms with van der Waals surface area (Å²) in [6.45, 7) is 0. The van der Waals surface area contributed by atoms with Crippen molar-refractivity contribution in [3.63, 3.8) is 0 Å². The highest BCUT2D eigenvalue weighted by Crippen LogP contribution is 2.10. The van der Waals surface area contributed by atoms with Gasteiger partial charge in [0.1, 0.15) is 5.82 Å². The molecule has 2 N–H and O–H groups in total. The van der Waals surface area contributed by atoms with E-state index >= 15 is 0 Å². The first-order chi connectivity index (χ1) is 8.15. The van der Waals surface area contributed by atoms with E-state index in [-0.39, 0.29) is 5.91 Å². The quantitative estimate of drug-likeness (QED) is 0.850. The molecule has 1 heterocycles. The van der Waals surface area contributed by atoms with Gasteiger partial charge in [-0.2, -0.15) is 0 Å². The zero-order chi connectivity index (χ0) is 12.3. The van der Waals surface area contributed by atoms with Gasteiger partial charge in [0.2, 0.25) is 0 Å². The fourth-order valence-corrected chi connectivity index (χ4v) is 1.36. The van der Waals surface area contributed by atoms with Crippen LogP contribution in [0.25, 0.3) is 0 Å². The van der Waals surface area contributed by atoms with Crippen molar-refractivity contribution < 1.29 is 4.79 Å². The zero-order valence-corrected chi connectivity index (χ0v) is 9.36. The predicted octanol–water partition coefficient (Wildman–Crippen LogP) is 1.68. The van der Waals surface area contributed by atoms with Crippen LogP contribution in [0, 0.1) is 0 Å². The van der Waals surface area contributed by atoms with Crippen LogP contribution in [0.3, 0.4) is 0 Å². The second kappa shape index (κ2) is 4.80. The number of H-pyrrole nitrogens is 1. The number of hydrogen-bond acceptors (Lipinski definition) is 3. The lowest BCUT2D eigenvalue weighted by atomic mass is 10.2. The van der Waals surface area contributed by atoms with E-state index in [0.717, 1.165) is 0 Å². The van der Waals surface area contributed by atoms with E-state index in [0.29, 0.717) is 16.4 Å². The molecule has 0 fully saturated rings. The lowest BCUT2D eigenvalue weighted by Gasteiger charge is -2.04. The molecule has 0 aliphatic heterocycles. The largest absolute Gasteiger partial charge is 0.346 e. The van der Waals surface area contributed by atoms with Crippen LogP contribution >= 0.6 is 11.6 Å². The molecule has 6 heteroatoms. The first kappa shape index (κ1) is 11.3. The topological polar surface area (TPSA) is 74.8 Å². The van der Waals surface area contributed by atoms with Gasteiger partial charge in [0.05, 0.1) is 0 Å². The Morgan fingerprint density at radius 3 is 2.59 bits per heavy atom. The summed E-state index contributed by atoms with van der Waals surface area (Å²) in [4.78, 5) is 28.5. The number of aromatic amines is 1. The van der Waals surface area contributed by atoms with Crippen molar-refractivity contribution in [3.8, 4) is 0 Å². The number of hydrogen-bond donors (Lipinski definition) is 2. The molecule has 1 aromatic carbocycles. The van der Waals surface area contributed by atoms with Crippen LogP contribution < -0.4 is 11.0 Å². The van der Waals surface area contributed by atoms with Gasteiger partial charge in [-0.3, -0.25) is 9.78 Å². The summed E-state index contributed by atoms with van der Waals surface area (Å²) in [7, 11) is 0. The van der Waals surface area contributed by atoms with Gasteiger partial charge in [0.15, 0.2) is 0 Å². The molecular weight excluding hydrogens is 242 g/mol. The number of aromatic nitrogens is 2. The highest BCUT2D eigenvalue weighted by Gasteiger charge is 2.05. The van der Waals surface area contributed by atoms with Crippen molar-refractivity contribution in [1.29, 1.82) is 0 Å². The Kier molecular flexibility index (Phi) is 3.20. The Morgan fingerprint density at radius 2 is 1.94 bits per heavy atom. The van der Waals surface area contributed by atoms with E-state index < -0.39 is 5.69 Å². The van der Waals surface area contributed by atoms with Gasteiger partial charge in [-0.1, -0.05) is 11.6 Å². The van der Waals surface area contributed by atoms with Gasteiger partial charge in [0.25, 0.3) is 5.91 Å². The maximum absolute atomic E-state index is 11.7. The number of nitrogens with zero attached hydrogens (tertiary/aromatic N) is 1. The van der Waals surface area contributed by atoms with Crippen LogP contribution in [-0.2, 0) is 0 Å². The van der Waals surface area contributed by atoms with Crippen molar-refractivity contribution >= 4 is 23.3 Å². The summed E-state index contributed by atoms with van der Waals surface area (Å²) in [6.07, 6.45) is 1.32. The minimum absolute atomic E-state index is 0.296. The molecule has 2 aromatic rings. The first-order valence-corrected chi connectivity index (χ1v) is 5.15. The molecule has 1 aromatic heterocycles. The van der Waals surface area contributed by atoms with Crippen molar-refractivity contribution in [2.75, 3.05) is 5.32 Å². The third kappa shape index (κ3) is 2.92. The summed E-state index contributed by atoms with van der Waals surface area (Å²) < 4.78 is 0. The van der Waals surface area contributed by atoms with Gasteiger partial charge >= 0.3 is 5.69 Å². The van der Waals surface area contributed by atoms with Crippen LogP contribution in [0.2, 0.25) is 5.02 Å². The Balaban J connectivity index is 2.17. The second-order valence-corrected chi connectivity index (χ2v) is 3.69. The Labute approximate surface area is 101 Å². The Hall–Kier alpha value is -2.14. The number of benzene rings is 1. The molecule has 2 rings (SSSR count). The number of halogens is 1. The summed E-state index contributed by atoms with van der Waals surface area (Å²) in [5, 5.41) is 3.10. The maximum Gasteiger partial charge on any atom is 0.346 e. The molecule has 0 aliphatic rings. The van der Waals surface area contributed by atoms with E-state index in [1.165, 1.54) is 12.3 Å². The molecule has 0 bridgehead atoms. The van der Waals surface area contributed by atoms with Crippen molar-refractivity contribution in [2.24, 2.45) is 0 Å². The lowest BCUT2D eigenvalue weighted by Crippen LogP contribution is -2.17. The molecule has 0 atom stereocenters. The lowest BCUT2D eigenvalue weighted by molar-refractivity contribution is 0.102. The molecule has 0 unspecified atom stereocenters. The molecular formula is C11H8ClN3O2. The van der Waals surface area contributed by atoms with Crippen LogP contribution in [-0.4, -0.2) is 15.9 Å². The number of carbonyl (C=O) groups excluding carboxylic acids is 1. The normalized spacial score (nSPS) is 9.94. The average molecular weight is 250 g/mol. The monoisotopic (exact) mass is 249 g/mol. The molecule has 86 valence electrons. The van der Waals surface area contributed by atoms with Crippen LogP contribution in [0.1, 0.15) is 10.4 Å². The third-order valence-electron chi connectivity index (χ3n) is 2.03. The molecule has 5 nitrogen and oxygen atoms in total. The fourth-order valence-electron chi connectivity index (χ4n) is 1.24. The van der Waals surface area contributed by atoms with Crippen LogP contribution in [0.15, 0.2) is 41.3 Å². The molecule has 0 saturated heterocycles. The average Bonchev–Trinajstić information content (AvgIpc) is 2.29. The summed E-state index contributed by atoms with van der Waals surface area (Å²) in [5.74, 6) is -0.0338. The van der Waals surface area contributed by atoms with Crippen molar-refractivity contribution in [1.82, 2.24) is 9.97 Å². The Bertz CT molecular complexity index is 592. The zero-order valence-electron chi connectivity index (χ0n) is 8.61. The summed E-state index contributed by atoms with van der Waals surface area (Å²) in [6, 6.07) is 7.92. The first-order valence-electron chi connectivity index (χ1n) is 4.77. The minimum atomic E-state index is -0.515. The van der Waals surface area contributed by atoms with E-state index in [4.69, 9.17) is 11.6 Å². The summed E-state index contributed by atoms with van der Waals surface area (Å²) in [5.41, 5.74) is -0.0639. The van der Waals surface area contributed by atoms with Gasteiger partial charge < -0.3 is 5.32 Å². The highest BCUT2D eigenvalue weighted by atomic mass is 35.5. The minimum Gasteiger partial charge on any atom is -0.308 e. The molecule has 0 spiro atoms. The number of carbonyl (C=O) groups is 1. The van der Waals surface area contributed by atoms with Gasteiger partial charge in [0, 0.05) is 16.8 Å². The standard InChI is InChI=1S/C11H8ClN3O2/c12-8-3-1-7(2-4-8)10(16)14-9-5-6-13-11(17)15-9/h1-6H,(H2,13,14,15,16,17). The second-order valence-electron chi connectivity index (χ2n) is 3.25. The molecule has 0 saturated carbocycles. The van der Waals surface area contributed by atoms with Crippen molar-refractivity contribution in [2.45, 2.75) is 0 Å². The molecule has 17 heavy (non-hydrogen) atoms. The molecule has 0 aliphatic carbocycles. The number of nitrogens with one attached hydrogen (secondary N) is 2. The molecule has 0 radical (unpaired) electrons. The third-order valence-corrected chi connectivity index (χ3v) is 2.28. The van der Waals surface area contributed by atoms with E-state index in [2.05, 4.69) is 15.3 Å². The number of rotatable bonds is 2. The predicted molar refractivity (Wildman–Crippen MR) is 64.3 cm³/mol. The number of anilines is 1. The smallest absolute Gasteiger partial charge is 0.308 e. The highest BCUT2D eigenvalue weighted by molar-refractivity contribution is 6.30. The Morgan fingerprint density at radius 1 is 1.24 bits per heavy atom. The SMILES string of the molecule is O=C(Nc1ccnc(=O)[nH]1)c1ccc(Cl)cc1. The van der Waals surface area contributed by atoms with Gasteiger partial charge in [-0.15, -0.1) is 0 Å². The van der Waals surface area contributed by atoms with E-state index in [1.807, 2.05) is 0 Å². The van der Waals surface area contributed by atoms with Crippen LogP contribution in [0.5, 0.6) is 0 Å².